The van der Waals surface area contributed by atoms with Gasteiger partial charge in [0.25, 0.3) is 12.4 Å². The largest absolute Gasteiger partial charge is 0.459 e. The second-order valence-corrected chi connectivity index (χ2v) is 6.24. The smallest absolute Gasteiger partial charge is 0.352 e. The average Bonchev–Trinajstić information content (AvgIpc) is 2.96. The number of hydrogen-bond acceptors (Lipinski definition) is 4. The number of hydrogen-bond donors (Lipinski definition) is 1. The lowest BCUT2D eigenvalue weighted by molar-refractivity contribution is 0.0768. The van der Waals surface area contributed by atoms with E-state index in [1.807, 2.05) is 13.8 Å². The highest BCUT2D eigenvalue weighted by Crippen LogP contribution is 2.33. The van der Waals surface area contributed by atoms with E-state index < -0.39 is 24.5 Å². The third-order valence-corrected chi connectivity index (χ3v) is 3.91. The number of benzene rings is 1. The molecule has 0 fully saturated rings. The van der Waals surface area contributed by atoms with Gasteiger partial charge in [0.05, 0.1) is 16.3 Å². The van der Waals surface area contributed by atoms with Crippen molar-refractivity contribution in [2.75, 3.05) is 6.61 Å². The monoisotopic (exact) mass is 386 g/mol. The van der Waals surface area contributed by atoms with Crippen LogP contribution in [0.15, 0.2) is 23.0 Å². The van der Waals surface area contributed by atoms with Gasteiger partial charge >= 0.3 is 5.69 Å². The zero-order valence-electron chi connectivity index (χ0n) is 13.8. The molecule has 0 spiro atoms. The van der Waals surface area contributed by atoms with Crippen molar-refractivity contribution >= 4 is 17.2 Å². The molecular weight excluding hydrogens is 373 g/mol. The predicted octanol–water partition coefficient (Wildman–Crippen LogP) is 3.64. The van der Waals surface area contributed by atoms with E-state index in [-0.39, 0.29) is 22.6 Å². The maximum absolute atomic E-state index is 13.9. The SMILES string of the molecule is CC(C)c1nn2c(=O)[nH]c(OCC(F)F)nc2c1-c1ccc(Cl)c(F)c1. The summed E-state index contributed by atoms with van der Waals surface area (Å²) >= 11 is 5.73. The van der Waals surface area contributed by atoms with Crippen molar-refractivity contribution < 1.29 is 17.9 Å². The summed E-state index contributed by atoms with van der Waals surface area (Å²) in [4.78, 5) is 18.5. The maximum atomic E-state index is 13.9. The minimum atomic E-state index is -2.72. The summed E-state index contributed by atoms with van der Waals surface area (Å²) in [6, 6.07) is 3.78. The van der Waals surface area contributed by atoms with E-state index in [0.29, 0.717) is 16.8 Å². The summed E-state index contributed by atoms with van der Waals surface area (Å²) in [6.07, 6.45) is -2.72. The van der Waals surface area contributed by atoms with Crippen molar-refractivity contribution in [3.8, 4) is 17.1 Å². The van der Waals surface area contributed by atoms with Gasteiger partial charge in [0, 0.05) is 0 Å². The fourth-order valence-corrected chi connectivity index (χ4v) is 2.60. The molecule has 0 aliphatic heterocycles. The zero-order valence-corrected chi connectivity index (χ0v) is 14.5. The maximum Gasteiger partial charge on any atom is 0.352 e. The zero-order chi connectivity index (χ0) is 19.0. The van der Waals surface area contributed by atoms with E-state index in [1.54, 1.807) is 6.07 Å². The number of aromatic amines is 1. The lowest BCUT2D eigenvalue weighted by Crippen LogP contribution is -2.21. The first-order valence-electron chi connectivity index (χ1n) is 7.67. The molecule has 0 aliphatic carbocycles. The molecule has 3 aromatic rings. The molecule has 0 saturated heterocycles. The molecule has 0 saturated carbocycles. The van der Waals surface area contributed by atoms with Crippen molar-refractivity contribution in [1.29, 1.82) is 0 Å². The van der Waals surface area contributed by atoms with E-state index in [1.165, 1.54) is 12.1 Å². The van der Waals surface area contributed by atoms with Gasteiger partial charge in [-0.2, -0.15) is 14.6 Å². The van der Waals surface area contributed by atoms with Crippen LogP contribution in [0.4, 0.5) is 13.2 Å². The van der Waals surface area contributed by atoms with E-state index in [0.717, 1.165) is 4.52 Å². The summed E-state index contributed by atoms with van der Waals surface area (Å²) < 4.78 is 44.4. The first-order valence-corrected chi connectivity index (χ1v) is 8.05. The number of H-pyrrole nitrogens is 1. The van der Waals surface area contributed by atoms with Gasteiger partial charge in [-0.15, -0.1) is 0 Å². The van der Waals surface area contributed by atoms with Gasteiger partial charge in [-0.25, -0.2) is 18.0 Å². The van der Waals surface area contributed by atoms with Crippen LogP contribution in [0, 0.1) is 5.82 Å². The predicted molar refractivity (Wildman–Crippen MR) is 89.6 cm³/mol. The summed E-state index contributed by atoms with van der Waals surface area (Å²) in [6.45, 7) is 2.77. The van der Waals surface area contributed by atoms with E-state index in [9.17, 15) is 18.0 Å². The minimum Gasteiger partial charge on any atom is -0.459 e. The Hall–Kier alpha value is -2.55. The van der Waals surface area contributed by atoms with Gasteiger partial charge in [0.15, 0.2) is 12.3 Å². The van der Waals surface area contributed by atoms with Gasteiger partial charge in [0.1, 0.15) is 5.82 Å². The molecule has 6 nitrogen and oxygen atoms in total. The molecule has 3 rings (SSSR count). The Morgan fingerprint density at radius 2 is 2.08 bits per heavy atom. The number of ether oxygens (including phenoxy) is 1. The summed E-state index contributed by atoms with van der Waals surface area (Å²) in [5.41, 5.74) is 0.674. The highest BCUT2D eigenvalue weighted by atomic mass is 35.5. The van der Waals surface area contributed by atoms with Gasteiger partial charge < -0.3 is 4.74 Å². The fourth-order valence-electron chi connectivity index (χ4n) is 2.48. The molecule has 138 valence electrons. The Labute approximate surface area is 150 Å². The molecule has 0 unspecified atom stereocenters. The molecule has 1 N–H and O–H groups in total. The molecule has 26 heavy (non-hydrogen) atoms. The molecule has 1 aromatic carbocycles. The van der Waals surface area contributed by atoms with E-state index in [2.05, 4.69) is 15.1 Å². The normalized spacial score (nSPS) is 11.7. The van der Waals surface area contributed by atoms with Gasteiger partial charge in [-0.05, 0) is 23.6 Å². The third-order valence-electron chi connectivity index (χ3n) is 3.60. The third kappa shape index (κ3) is 3.39. The summed E-state index contributed by atoms with van der Waals surface area (Å²) in [5.74, 6) is -0.757. The quantitative estimate of drug-likeness (QED) is 0.726. The fraction of sp³-hybridized carbons (Fsp3) is 0.312. The van der Waals surface area contributed by atoms with Gasteiger partial charge in [-0.1, -0.05) is 31.5 Å². The van der Waals surface area contributed by atoms with E-state index in [4.69, 9.17) is 16.3 Å². The molecule has 0 radical (unpaired) electrons. The standard InChI is InChI=1S/C16H14ClF3N4O2/c1-7(2)13-12(8-3-4-9(17)10(18)5-8)14-21-15(26-6-11(19)20)22-16(25)24(14)23-13/h3-5,7,11H,6H2,1-2H3,(H,21,22,25). The Bertz CT molecular complexity index is 1020. The number of rotatable bonds is 5. The minimum absolute atomic E-state index is 0.0527. The van der Waals surface area contributed by atoms with Crippen LogP contribution < -0.4 is 10.4 Å². The van der Waals surface area contributed by atoms with Crippen LogP contribution in [0.1, 0.15) is 25.5 Å². The van der Waals surface area contributed by atoms with Crippen LogP contribution in [-0.2, 0) is 0 Å². The number of halogens is 4. The average molecular weight is 387 g/mol. The van der Waals surface area contributed by atoms with Crippen molar-refractivity contribution in [1.82, 2.24) is 19.6 Å². The first kappa shape index (κ1) is 18.2. The molecule has 0 aliphatic rings. The highest BCUT2D eigenvalue weighted by molar-refractivity contribution is 6.30. The Morgan fingerprint density at radius 1 is 1.35 bits per heavy atom. The van der Waals surface area contributed by atoms with Crippen LogP contribution in [0.25, 0.3) is 16.8 Å². The molecule has 10 heteroatoms. The lowest BCUT2D eigenvalue weighted by atomic mass is 9.99. The highest BCUT2D eigenvalue weighted by Gasteiger charge is 2.22. The van der Waals surface area contributed by atoms with Crippen molar-refractivity contribution in [2.45, 2.75) is 26.2 Å². The second-order valence-electron chi connectivity index (χ2n) is 5.83. The molecular formula is C16H14ClF3N4O2. The molecule has 2 heterocycles. The lowest BCUT2D eigenvalue weighted by Gasteiger charge is -2.07. The van der Waals surface area contributed by atoms with Crippen LogP contribution in [0.2, 0.25) is 5.02 Å². The van der Waals surface area contributed by atoms with Crippen LogP contribution in [0.3, 0.4) is 0 Å². The van der Waals surface area contributed by atoms with E-state index >= 15 is 0 Å². The van der Waals surface area contributed by atoms with Crippen LogP contribution in [-0.4, -0.2) is 32.6 Å². The van der Waals surface area contributed by atoms with Gasteiger partial charge in [0.2, 0.25) is 0 Å². The molecule has 0 atom stereocenters. The number of nitrogens with zero attached hydrogens (tertiary/aromatic N) is 3. The van der Waals surface area contributed by atoms with Crippen molar-refractivity contribution in [3.05, 3.63) is 45.2 Å². The van der Waals surface area contributed by atoms with Crippen LogP contribution >= 0.6 is 11.6 Å². The number of alkyl halides is 2. The Kier molecular flexibility index (Phi) is 4.90. The van der Waals surface area contributed by atoms with Crippen LogP contribution in [0.5, 0.6) is 6.01 Å². The number of nitrogens with one attached hydrogen (secondary N) is 1. The molecule has 0 amide bonds. The second kappa shape index (κ2) is 6.99. The molecule has 0 bridgehead atoms. The Balaban J connectivity index is 2.25. The first-order chi connectivity index (χ1) is 12.3. The van der Waals surface area contributed by atoms with Crippen molar-refractivity contribution in [3.63, 3.8) is 0 Å². The van der Waals surface area contributed by atoms with Gasteiger partial charge in [-0.3, -0.25) is 4.98 Å². The van der Waals surface area contributed by atoms with Crippen molar-refractivity contribution in [2.24, 2.45) is 0 Å². The number of fused-ring (bicyclic) bond motifs is 1. The summed E-state index contributed by atoms with van der Waals surface area (Å²) in [7, 11) is 0. The topological polar surface area (TPSA) is 72.3 Å². The summed E-state index contributed by atoms with van der Waals surface area (Å²) in [5, 5.41) is 4.18. The molecule has 2 aromatic heterocycles. The Morgan fingerprint density at radius 3 is 2.69 bits per heavy atom. The number of aromatic nitrogens is 4.